The van der Waals surface area contributed by atoms with Gasteiger partial charge >= 0.3 is 0 Å². The highest BCUT2D eigenvalue weighted by Crippen LogP contribution is 2.13. The average Bonchev–Trinajstić information content (AvgIpc) is 2.40. The van der Waals surface area contributed by atoms with E-state index in [1.165, 1.54) is 5.56 Å². The van der Waals surface area contributed by atoms with Gasteiger partial charge in [-0.1, -0.05) is 36.4 Å². The van der Waals surface area contributed by atoms with Crippen LogP contribution in [0.15, 0.2) is 54.6 Å². The first-order valence-electron chi connectivity index (χ1n) is 6.07. The molecule has 0 radical (unpaired) electrons. The van der Waals surface area contributed by atoms with Crippen LogP contribution in [-0.2, 0) is 6.54 Å². The Morgan fingerprint density at radius 3 is 2.61 bits per heavy atom. The molecular formula is C15H18N2O. The Bertz CT molecular complexity index is 471. The first-order chi connectivity index (χ1) is 8.84. The van der Waals surface area contributed by atoms with Crippen molar-refractivity contribution in [1.82, 2.24) is 5.32 Å². The second-order valence-corrected chi connectivity index (χ2v) is 4.08. The molecule has 94 valence electrons. The third-order valence-corrected chi connectivity index (χ3v) is 2.58. The Hall–Kier alpha value is -2.00. The summed E-state index contributed by atoms with van der Waals surface area (Å²) in [6.07, 6.45) is 0. The monoisotopic (exact) mass is 242 g/mol. The minimum absolute atomic E-state index is 0.635. The maximum atomic E-state index is 5.67. The minimum Gasteiger partial charge on any atom is -0.492 e. The summed E-state index contributed by atoms with van der Waals surface area (Å²) in [7, 11) is 0. The predicted octanol–water partition coefficient (Wildman–Crippen LogP) is 2.44. The molecule has 0 aliphatic heterocycles. The lowest BCUT2D eigenvalue weighted by Crippen LogP contribution is -2.20. The highest BCUT2D eigenvalue weighted by molar-refractivity contribution is 5.43. The van der Waals surface area contributed by atoms with E-state index in [4.69, 9.17) is 10.5 Å². The van der Waals surface area contributed by atoms with Gasteiger partial charge in [0.1, 0.15) is 12.4 Å². The van der Waals surface area contributed by atoms with Crippen molar-refractivity contribution in [2.75, 3.05) is 18.9 Å². The van der Waals surface area contributed by atoms with Crippen LogP contribution in [0.25, 0.3) is 0 Å². The van der Waals surface area contributed by atoms with E-state index in [1.807, 2.05) is 42.5 Å². The molecule has 2 rings (SSSR count). The van der Waals surface area contributed by atoms with Crippen LogP contribution in [0.2, 0.25) is 0 Å². The molecule has 0 amide bonds. The third kappa shape index (κ3) is 4.11. The summed E-state index contributed by atoms with van der Waals surface area (Å²) in [5.74, 6) is 0.816. The maximum Gasteiger partial charge on any atom is 0.121 e. The molecule has 0 heterocycles. The Kier molecular flexibility index (Phi) is 4.61. The molecular weight excluding hydrogens is 224 g/mol. The molecule has 3 nitrogen and oxygen atoms in total. The minimum atomic E-state index is 0.635. The van der Waals surface area contributed by atoms with Crippen molar-refractivity contribution in [3.63, 3.8) is 0 Å². The Labute approximate surface area is 108 Å². The zero-order valence-electron chi connectivity index (χ0n) is 10.3. The molecule has 0 aliphatic carbocycles. The number of nitrogens with two attached hydrogens (primary N) is 1. The molecule has 2 aromatic rings. The summed E-state index contributed by atoms with van der Waals surface area (Å²) < 4.78 is 5.58. The van der Waals surface area contributed by atoms with Gasteiger partial charge in [-0.15, -0.1) is 0 Å². The Morgan fingerprint density at radius 2 is 1.83 bits per heavy atom. The zero-order chi connectivity index (χ0) is 12.6. The number of nitrogen functional groups attached to an aromatic ring is 1. The van der Waals surface area contributed by atoms with Crippen molar-refractivity contribution in [1.29, 1.82) is 0 Å². The SMILES string of the molecule is Nc1cccc(OCCNCc2ccccc2)c1. The largest absolute Gasteiger partial charge is 0.492 e. The van der Waals surface area contributed by atoms with Gasteiger partial charge in [0.15, 0.2) is 0 Å². The van der Waals surface area contributed by atoms with Gasteiger partial charge in [-0.2, -0.15) is 0 Å². The highest BCUT2D eigenvalue weighted by Gasteiger charge is 1.94. The van der Waals surface area contributed by atoms with Gasteiger partial charge in [0, 0.05) is 24.8 Å². The van der Waals surface area contributed by atoms with Crippen LogP contribution >= 0.6 is 0 Å². The third-order valence-electron chi connectivity index (χ3n) is 2.58. The number of hydrogen-bond donors (Lipinski definition) is 2. The van der Waals surface area contributed by atoms with Crippen LogP contribution < -0.4 is 15.8 Å². The van der Waals surface area contributed by atoms with E-state index in [-0.39, 0.29) is 0 Å². The van der Waals surface area contributed by atoms with Gasteiger partial charge in [-0.25, -0.2) is 0 Å². The first kappa shape index (κ1) is 12.5. The number of nitrogens with one attached hydrogen (secondary N) is 1. The Morgan fingerprint density at radius 1 is 1.00 bits per heavy atom. The van der Waals surface area contributed by atoms with Crippen LogP contribution in [0.3, 0.4) is 0 Å². The fraction of sp³-hybridized carbons (Fsp3) is 0.200. The highest BCUT2D eigenvalue weighted by atomic mass is 16.5. The molecule has 3 N–H and O–H groups in total. The molecule has 18 heavy (non-hydrogen) atoms. The normalized spacial score (nSPS) is 10.2. The van der Waals surface area contributed by atoms with Gasteiger partial charge in [0.05, 0.1) is 0 Å². The second-order valence-electron chi connectivity index (χ2n) is 4.08. The number of anilines is 1. The van der Waals surface area contributed by atoms with Crippen molar-refractivity contribution in [2.45, 2.75) is 6.54 Å². The molecule has 2 aromatic carbocycles. The van der Waals surface area contributed by atoms with Crippen LogP contribution in [0.5, 0.6) is 5.75 Å². The molecule has 0 spiro atoms. The number of hydrogen-bond acceptors (Lipinski definition) is 3. The summed E-state index contributed by atoms with van der Waals surface area (Å²) in [6, 6.07) is 17.8. The van der Waals surface area contributed by atoms with E-state index in [2.05, 4.69) is 17.4 Å². The summed E-state index contributed by atoms with van der Waals surface area (Å²) >= 11 is 0. The summed E-state index contributed by atoms with van der Waals surface area (Å²) in [5.41, 5.74) is 7.68. The maximum absolute atomic E-state index is 5.67. The number of benzene rings is 2. The summed E-state index contributed by atoms with van der Waals surface area (Å²) in [6.45, 7) is 2.31. The van der Waals surface area contributed by atoms with Gasteiger partial charge in [-0.05, 0) is 17.7 Å². The van der Waals surface area contributed by atoms with E-state index in [0.717, 1.165) is 24.5 Å². The van der Waals surface area contributed by atoms with Crippen molar-refractivity contribution < 1.29 is 4.74 Å². The molecule has 0 saturated carbocycles. The average molecular weight is 242 g/mol. The molecule has 0 aliphatic rings. The second kappa shape index (κ2) is 6.67. The lowest BCUT2D eigenvalue weighted by molar-refractivity contribution is 0.314. The molecule has 0 atom stereocenters. The van der Waals surface area contributed by atoms with E-state index >= 15 is 0 Å². The molecule has 0 fully saturated rings. The number of rotatable bonds is 6. The van der Waals surface area contributed by atoms with E-state index in [0.29, 0.717) is 6.61 Å². The Balaban J connectivity index is 1.65. The smallest absolute Gasteiger partial charge is 0.121 e. The van der Waals surface area contributed by atoms with Crippen molar-refractivity contribution in [3.8, 4) is 5.75 Å². The van der Waals surface area contributed by atoms with Gasteiger partial charge in [0.25, 0.3) is 0 Å². The van der Waals surface area contributed by atoms with Gasteiger partial charge < -0.3 is 15.8 Å². The summed E-state index contributed by atoms with van der Waals surface area (Å²) in [5, 5.41) is 3.33. The van der Waals surface area contributed by atoms with Crippen LogP contribution in [-0.4, -0.2) is 13.2 Å². The first-order valence-corrected chi connectivity index (χ1v) is 6.07. The van der Waals surface area contributed by atoms with E-state index in [9.17, 15) is 0 Å². The molecule has 0 aromatic heterocycles. The quantitative estimate of drug-likeness (QED) is 0.604. The fourth-order valence-electron chi connectivity index (χ4n) is 1.67. The van der Waals surface area contributed by atoms with E-state index in [1.54, 1.807) is 0 Å². The van der Waals surface area contributed by atoms with Crippen LogP contribution in [0, 0.1) is 0 Å². The predicted molar refractivity (Wildman–Crippen MR) is 74.5 cm³/mol. The zero-order valence-corrected chi connectivity index (χ0v) is 10.3. The molecule has 0 saturated heterocycles. The van der Waals surface area contributed by atoms with Crippen LogP contribution in [0.4, 0.5) is 5.69 Å². The summed E-state index contributed by atoms with van der Waals surface area (Å²) in [4.78, 5) is 0. The molecule has 0 unspecified atom stereocenters. The van der Waals surface area contributed by atoms with Crippen LogP contribution in [0.1, 0.15) is 5.56 Å². The van der Waals surface area contributed by atoms with Crippen molar-refractivity contribution in [3.05, 3.63) is 60.2 Å². The number of ether oxygens (including phenoxy) is 1. The van der Waals surface area contributed by atoms with Gasteiger partial charge in [-0.3, -0.25) is 0 Å². The molecule has 3 heteroatoms. The van der Waals surface area contributed by atoms with Gasteiger partial charge in [0.2, 0.25) is 0 Å². The standard InChI is InChI=1S/C15H18N2O/c16-14-7-4-8-15(11-14)18-10-9-17-12-13-5-2-1-3-6-13/h1-8,11,17H,9-10,12,16H2. The van der Waals surface area contributed by atoms with E-state index < -0.39 is 0 Å². The van der Waals surface area contributed by atoms with Crippen molar-refractivity contribution >= 4 is 5.69 Å². The lowest BCUT2D eigenvalue weighted by Gasteiger charge is -2.08. The topological polar surface area (TPSA) is 47.3 Å². The fourth-order valence-corrected chi connectivity index (χ4v) is 1.67. The molecule has 0 bridgehead atoms. The van der Waals surface area contributed by atoms with Crippen molar-refractivity contribution in [2.24, 2.45) is 0 Å². The lowest BCUT2D eigenvalue weighted by atomic mass is 10.2.